The Labute approximate surface area is 116 Å². The lowest BCUT2D eigenvalue weighted by atomic mass is 10.1. The third kappa shape index (κ3) is 2.07. The predicted octanol–water partition coefficient (Wildman–Crippen LogP) is 2.54. The fraction of sp³-hybridized carbons (Fsp3) is 0.200. The van der Waals surface area contributed by atoms with Crippen LogP contribution in [0, 0.1) is 6.92 Å². The van der Waals surface area contributed by atoms with Crippen molar-refractivity contribution in [1.29, 1.82) is 0 Å². The van der Waals surface area contributed by atoms with E-state index in [0.29, 0.717) is 12.1 Å². The Morgan fingerprint density at radius 2 is 2.00 bits per heavy atom. The van der Waals surface area contributed by atoms with Crippen LogP contribution in [-0.4, -0.2) is 25.2 Å². The molecule has 0 unspecified atom stereocenters. The number of benzene rings is 1. The number of carboxylic acids is 1. The number of carboxylic acid groups (broad SMARTS) is 1. The van der Waals surface area contributed by atoms with Gasteiger partial charge in [0.05, 0.1) is 11.1 Å². The van der Waals surface area contributed by atoms with Crippen LogP contribution in [0.3, 0.4) is 0 Å². The molecule has 0 radical (unpaired) electrons. The molecule has 2 aromatic heterocycles. The van der Waals surface area contributed by atoms with E-state index in [9.17, 15) is 9.90 Å². The first-order chi connectivity index (χ1) is 9.66. The molecular formula is C15H15N3O2. The molecule has 5 heteroatoms. The van der Waals surface area contributed by atoms with Gasteiger partial charge in [0, 0.05) is 37.1 Å². The summed E-state index contributed by atoms with van der Waals surface area (Å²) in [6.45, 7) is 3.44. The molecule has 3 aromatic rings. The van der Waals surface area contributed by atoms with E-state index in [-0.39, 0.29) is 0 Å². The van der Waals surface area contributed by atoms with E-state index in [1.54, 1.807) is 18.3 Å². The summed E-state index contributed by atoms with van der Waals surface area (Å²) < 4.78 is 4.04. The monoisotopic (exact) mass is 269 g/mol. The second-order valence-corrected chi connectivity index (χ2v) is 4.73. The highest BCUT2D eigenvalue weighted by atomic mass is 16.4. The lowest BCUT2D eigenvalue weighted by Crippen LogP contribution is -2.09. The average Bonchev–Trinajstić information content (AvgIpc) is 3.02. The van der Waals surface area contributed by atoms with E-state index in [4.69, 9.17) is 0 Å². The zero-order valence-corrected chi connectivity index (χ0v) is 11.2. The first-order valence-corrected chi connectivity index (χ1v) is 6.45. The third-order valence-electron chi connectivity index (χ3n) is 3.52. The van der Waals surface area contributed by atoms with E-state index < -0.39 is 5.97 Å². The molecule has 0 aliphatic carbocycles. The van der Waals surface area contributed by atoms with Gasteiger partial charge in [0.15, 0.2) is 0 Å². The Morgan fingerprint density at radius 3 is 2.70 bits per heavy atom. The van der Waals surface area contributed by atoms with Crippen LogP contribution >= 0.6 is 0 Å². The molecule has 0 saturated heterocycles. The van der Waals surface area contributed by atoms with Crippen molar-refractivity contribution < 1.29 is 9.90 Å². The number of carbonyl (C=O) groups is 1. The summed E-state index contributed by atoms with van der Waals surface area (Å²) in [5.41, 5.74) is 1.12. The Bertz CT molecular complexity index is 770. The number of hydrogen-bond acceptors (Lipinski definition) is 2. The molecule has 0 fully saturated rings. The third-order valence-corrected chi connectivity index (χ3v) is 3.52. The smallest absolute Gasteiger partial charge is 0.337 e. The van der Waals surface area contributed by atoms with Crippen LogP contribution in [0.1, 0.15) is 16.2 Å². The topological polar surface area (TPSA) is 60.0 Å². The normalized spacial score (nSPS) is 11.1. The van der Waals surface area contributed by atoms with E-state index in [0.717, 1.165) is 23.3 Å². The van der Waals surface area contributed by atoms with Crippen molar-refractivity contribution in [2.24, 2.45) is 0 Å². The molecule has 3 rings (SSSR count). The van der Waals surface area contributed by atoms with Gasteiger partial charge in [0.1, 0.15) is 5.82 Å². The van der Waals surface area contributed by atoms with Gasteiger partial charge in [0.2, 0.25) is 0 Å². The first-order valence-electron chi connectivity index (χ1n) is 6.45. The van der Waals surface area contributed by atoms with Gasteiger partial charge in [-0.15, -0.1) is 0 Å². The van der Waals surface area contributed by atoms with Crippen molar-refractivity contribution >= 4 is 16.9 Å². The number of imidazole rings is 1. The second-order valence-electron chi connectivity index (χ2n) is 4.73. The van der Waals surface area contributed by atoms with Gasteiger partial charge >= 0.3 is 5.97 Å². The summed E-state index contributed by atoms with van der Waals surface area (Å²) in [7, 11) is 0. The molecule has 20 heavy (non-hydrogen) atoms. The zero-order valence-electron chi connectivity index (χ0n) is 11.2. The summed E-state index contributed by atoms with van der Waals surface area (Å²) >= 11 is 0. The second kappa shape index (κ2) is 4.85. The van der Waals surface area contributed by atoms with Crippen molar-refractivity contribution in [1.82, 2.24) is 14.1 Å². The number of fused-ring (bicyclic) bond motifs is 1. The Morgan fingerprint density at radius 1 is 1.20 bits per heavy atom. The van der Waals surface area contributed by atoms with Gasteiger partial charge in [-0.05, 0) is 19.1 Å². The minimum absolute atomic E-state index is 0.342. The highest BCUT2D eigenvalue weighted by molar-refractivity contribution is 6.02. The van der Waals surface area contributed by atoms with Crippen molar-refractivity contribution in [3.8, 4) is 0 Å². The van der Waals surface area contributed by atoms with Crippen molar-refractivity contribution in [2.45, 2.75) is 20.0 Å². The number of nitrogens with zero attached hydrogens (tertiary/aromatic N) is 3. The van der Waals surface area contributed by atoms with E-state index >= 15 is 0 Å². The van der Waals surface area contributed by atoms with Crippen LogP contribution in [-0.2, 0) is 13.1 Å². The number of hydrogen-bond donors (Lipinski definition) is 1. The highest BCUT2D eigenvalue weighted by Crippen LogP contribution is 2.20. The van der Waals surface area contributed by atoms with Crippen LogP contribution in [0.15, 0.2) is 42.9 Å². The van der Waals surface area contributed by atoms with Crippen LogP contribution in [0.5, 0.6) is 0 Å². The van der Waals surface area contributed by atoms with Crippen LogP contribution < -0.4 is 0 Å². The standard InChI is InChI=1S/C15H15N3O2/c1-11-16-6-8-17(11)9-10-18-7-5-12-3-2-4-13(14(12)18)15(19)20/h2-8H,9-10H2,1H3,(H,19,20). The van der Waals surface area contributed by atoms with Gasteiger partial charge in [-0.3, -0.25) is 0 Å². The zero-order chi connectivity index (χ0) is 14.1. The Kier molecular flexibility index (Phi) is 3.02. The minimum atomic E-state index is -0.894. The fourth-order valence-electron chi connectivity index (χ4n) is 2.48. The molecule has 0 bridgehead atoms. The fourth-order valence-corrected chi connectivity index (χ4v) is 2.48. The summed E-state index contributed by atoms with van der Waals surface area (Å²) in [6, 6.07) is 7.29. The minimum Gasteiger partial charge on any atom is -0.478 e. The van der Waals surface area contributed by atoms with Gasteiger partial charge in [-0.1, -0.05) is 12.1 Å². The molecule has 0 aliphatic heterocycles. The maximum atomic E-state index is 11.3. The molecule has 1 N–H and O–H groups in total. The van der Waals surface area contributed by atoms with Crippen molar-refractivity contribution in [3.63, 3.8) is 0 Å². The summed E-state index contributed by atoms with van der Waals surface area (Å²) in [6.07, 6.45) is 5.63. The summed E-state index contributed by atoms with van der Waals surface area (Å²) in [5, 5.41) is 10.2. The highest BCUT2D eigenvalue weighted by Gasteiger charge is 2.12. The lowest BCUT2D eigenvalue weighted by molar-refractivity contribution is 0.0698. The van der Waals surface area contributed by atoms with Gasteiger partial charge in [-0.2, -0.15) is 0 Å². The Balaban J connectivity index is 1.96. The molecule has 5 nitrogen and oxygen atoms in total. The maximum absolute atomic E-state index is 11.3. The number of aromatic nitrogens is 3. The molecule has 0 amide bonds. The summed E-state index contributed by atoms with van der Waals surface area (Å²) in [4.78, 5) is 15.5. The Hall–Kier alpha value is -2.56. The van der Waals surface area contributed by atoms with E-state index in [1.807, 2.05) is 36.0 Å². The number of rotatable bonds is 4. The molecule has 0 aliphatic rings. The molecule has 1 aromatic carbocycles. The molecule has 0 spiro atoms. The largest absolute Gasteiger partial charge is 0.478 e. The predicted molar refractivity (Wildman–Crippen MR) is 75.9 cm³/mol. The van der Waals surface area contributed by atoms with Crippen LogP contribution in [0.4, 0.5) is 0 Å². The maximum Gasteiger partial charge on any atom is 0.337 e. The molecular weight excluding hydrogens is 254 g/mol. The van der Waals surface area contributed by atoms with Crippen LogP contribution in [0.2, 0.25) is 0 Å². The number of aryl methyl sites for hydroxylation is 3. The number of para-hydroxylation sites is 1. The van der Waals surface area contributed by atoms with Crippen LogP contribution in [0.25, 0.3) is 10.9 Å². The molecule has 0 saturated carbocycles. The summed E-state index contributed by atoms with van der Waals surface area (Å²) in [5.74, 6) is 0.0641. The first kappa shape index (κ1) is 12.5. The quantitative estimate of drug-likeness (QED) is 0.791. The lowest BCUT2D eigenvalue weighted by Gasteiger charge is -2.09. The molecule has 102 valence electrons. The van der Waals surface area contributed by atoms with Gasteiger partial charge < -0.3 is 14.2 Å². The average molecular weight is 269 g/mol. The van der Waals surface area contributed by atoms with Crippen molar-refractivity contribution in [2.75, 3.05) is 0 Å². The van der Waals surface area contributed by atoms with E-state index in [2.05, 4.69) is 9.55 Å². The SMILES string of the molecule is Cc1nccn1CCn1ccc2cccc(C(=O)O)c21. The number of aromatic carboxylic acids is 1. The molecule has 0 atom stereocenters. The van der Waals surface area contributed by atoms with Crippen molar-refractivity contribution in [3.05, 3.63) is 54.2 Å². The van der Waals surface area contributed by atoms with Gasteiger partial charge in [0.25, 0.3) is 0 Å². The van der Waals surface area contributed by atoms with E-state index in [1.165, 1.54) is 0 Å². The van der Waals surface area contributed by atoms with Gasteiger partial charge in [-0.25, -0.2) is 9.78 Å². The molecule has 2 heterocycles.